The molecular weight excluding hydrogens is 192 g/mol. The molecule has 0 bridgehead atoms. The zero-order chi connectivity index (χ0) is 11.6. The zero-order valence-corrected chi connectivity index (χ0v) is 9.75. The summed E-state index contributed by atoms with van der Waals surface area (Å²) in [6.45, 7) is 6.19. The van der Waals surface area contributed by atoms with Crippen molar-refractivity contribution in [2.75, 3.05) is 6.54 Å². The highest BCUT2D eigenvalue weighted by Gasteiger charge is 2.42. The molecule has 0 aromatic carbocycles. The molecule has 2 N–H and O–H groups in total. The van der Waals surface area contributed by atoms with Crippen LogP contribution in [0, 0.1) is 5.92 Å². The summed E-state index contributed by atoms with van der Waals surface area (Å²) in [5, 5.41) is 0. The minimum absolute atomic E-state index is 0.0760. The van der Waals surface area contributed by atoms with E-state index in [1.54, 1.807) is 0 Å². The van der Waals surface area contributed by atoms with Gasteiger partial charge < -0.3 is 5.73 Å². The van der Waals surface area contributed by atoms with Crippen molar-refractivity contribution in [1.82, 2.24) is 4.90 Å². The third kappa shape index (κ3) is 2.04. The molecule has 1 heterocycles. The molecule has 1 aliphatic rings. The van der Waals surface area contributed by atoms with Crippen LogP contribution in [0.3, 0.4) is 0 Å². The zero-order valence-electron chi connectivity index (χ0n) is 9.75. The summed E-state index contributed by atoms with van der Waals surface area (Å²) >= 11 is 0. The lowest BCUT2D eigenvalue weighted by Crippen LogP contribution is -2.61. The van der Waals surface area contributed by atoms with Crippen molar-refractivity contribution in [2.45, 2.75) is 45.6 Å². The van der Waals surface area contributed by atoms with Crippen molar-refractivity contribution in [2.24, 2.45) is 11.7 Å². The van der Waals surface area contributed by atoms with Crippen LogP contribution in [0.1, 0.15) is 40.0 Å². The van der Waals surface area contributed by atoms with Crippen molar-refractivity contribution in [3.63, 3.8) is 0 Å². The number of carbonyl (C=O) groups excluding carboxylic acids is 2. The fraction of sp³-hybridized carbons (Fsp3) is 0.818. The number of likely N-dealkylation sites (tertiary alicyclic amines) is 1. The molecular formula is C11H20N2O2. The second-order valence-corrected chi connectivity index (χ2v) is 4.69. The molecule has 15 heavy (non-hydrogen) atoms. The van der Waals surface area contributed by atoms with Crippen LogP contribution < -0.4 is 5.73 Å². The maximum absolute atomic E-state index is 11.8. The van der Waals surface area contributed by atoms with E-state index < -0.39 is 5.54 Å². The highest BCUT2D eigenvalue weighted by atomic mass is 16.2. The van der Waals surface area contributed by atoms with Crippen LogP contribution in [0.25, 0.3) is 0 Å². The van der Waals surface area contributed by atoms with Crippen LogP contribution in [0.15, 0.2) is 0 Å². The Labute approximate surface area is 90.8 Å². The molecule has 0 radical (unpaired) electrons. The Morgan fingerprint density at radius 3 is 2.13 bits per heavy atom. The number of hydrogen-bond acceptors (Lipinski definition) is 3. The average Bonchev–Trinajstić information content (AvgIpc) is 2.16. The van der Waals surface area contributed by atoms with Gasteiger partial charge in [0.05, 0.1) is 5.54 Å². The molecule has 1 atom stereocenters. The van der Waals surface area contributed by atoms with E-state index >= 15 is 0 Å². The van der Waals surface area contributed by atoms with Gasteiger partial charge in [0.2, 0.25) is 11.8 Å². The van der Waals surface area contributed by atoms with Crippen molar-refractivity contribution in [3.8, 4) is 0 Å². The summed E-state index contributed by atoms with van der Waals surface area (Å²) < 4.78 is 0. The lowest BCUT2D eigenvalue weighted by molar-refractivity contribution is -0.156. The van der Waals surface area contributed by atoms with Gasteiger partial charge in [0.25, 0.3) is 0 Å². The number of carbonyl (C=O) groups is 2. The van der Waals surface area contributed by atoms with Gasteiger partial charge in [0, 0.05) is 19.4 Å². The van der Waals surface area contributed by atoms with E-state index in [0.29, 0.717) is 25.8 Å². The van der Waals surface area contributed by atoms with Crippen LogP contribution >= 0.6 is 0 Å². The van der Waals surface area contributed by atoms with Gasteiger partial charge in [0.1, 0.15) is 0 Å². The van der Waals surface area contributed by atoms with Gasteiger partial charge in [-0.25, -0.2) is 0 Å². The fourth-order valence-electron chi connectivity index (χ4n) is 1.91. The second-order valence-electron chi connectivity index (χ2n) is 4.69. The Morgan fingerprint density at radius 1 is 1.33 bits per heavy atom. The van der Waals surface area contributed by atoms with Gasteiger partial charge in [-0.05, 0) is 19.3 Å². The van der Waals surface area contributed by atoms with Gasteiger partial charge in [-0.1, -0.05) is 13.8 Å². The summed E-state index contributed by atoms with van der Waals surface area (Å²) in [7, 11) is 0. The molecule has 2 amide bonds. The molecule has 86 valence electrons. The number of rotatable bonds is 3. The first-order valence-corrected chi connectivity index (χ1v) is 5.49. The average molecular weight is 212 g/mol. The topological polar surface area (TPSA) is 63.4 Å². The summed E-state index contributed by atoms with van der Waals surface area (Å²) in [6.07, 6.45) is 1.61. The molecule has 4 nitrogen and oxygen atoms in total. The Hall–Kier alpha value is -0.900. The van der Waals surface area contributed by atoms with Crippen LogP contribution in [0.5, 0.6) is 0 Å². The van der Waals surface area contributed by atoms with E-state index in [1.807, 2.05) is 20.8 Å². The first kappa shape index (κ1) is 12.2. The first-order chi connectivity index (χ1) is 6.93. The number of piperidine rings is 1. The molecule has 0 saturated carbocycles. The number of imide groups is 1. The minimum Gasteiger partial charge on any atom is -0.328 e. The Balaban J connectivity index is 3.00. The summed E-state index contributed by atoms with van der Waals surface area (Å²) in [5.74, 6) is 0.0225. The molecule has 4 heteroatoms. The van der Waals surface area contributed by atoms with E-state index in [1.165, 1.54) is 4.90 Å². The third-order valence-corrected chi connectivity index (χ3v) is 3.45. The summed E-state index contributed by atoms with van der Waals surface area (Å²) in [6, 6.07) is 0. The molecule has 1 unspecified atom stereocenters. The molecule has 0 aromatic heterocycles. The highest BCUT2D eigenvalue weighted by Crippen LogP contribution is 2.28. The van der Waals surface area contributed by atoms with Gasteiger partial charge in [-0.15, -0.1) is 0 Å². The highest BCUT2D eigenvalue weighted by molar-refractivity contribution is 5.98. The van der Waals surface area contributed by atoms with E-state index in [0.717, 1.165) is 0 Å². The SMILES string of the molecule is CC(C)C(C)(CN)N1C(=O)CCCC1=O. The molecule has 1 saturated heterocycles. The number of nitrogens with zero attached hydrogens (tertiary/aromatic N) is 1. The Kier molecular flexibility index (Phi) is 3.50. The van der Waals surface area contributed by atoms with Crippen LogP contribution in [0.2, 0.25) is 0 Å². The van der Waals surface area contributed by atoms with Gasteiger partial charge in [-0.3, -0.25) is 14.5 Å². The maximum Gasteiger partial charge on any atom is 0.229 e. The van der Waals surface area contributed by atoms with Crippen molar-refractivity contribution >= 4 is 11.8 Å². The molecule has 0 aromatic rings. The van der Waals surface area contributed by atoms with E-state index in [-0.39, 0.29) is 17.7 Å². The number of hydrogen-bond donors (Lipinski definition) is 1. The summed E-state index contributed by atoms with van der Waals surface area (Å²) in [4.78, 5) is 24.9. The van der Waals surface area contributed by atoms with Crippen LogP contribution in [-0.2, 0) is 9.59 Å². The number of amides is 2. The largest absolute Gasteiger partial charge is 0.328 e. The van der Waals surface area contributed by atoms with Crippen molar-refractivity contribution in [1.29, 1.82) is 0 Å². The first-order valence-electron chi connectivity index (χ1n) is 5.49. The number of nitrogens with two attached hydrogens (primary N) is 1. The van der Waals surface area contributed by atoms with Crippen molar-refractivity contribution < 1.29 is 9.59 Å². The lowest BCUT2D eigenvalue weighted by Gasteiger charge is -2.44. The molecule has 1 aliphatic heterocycles. The van der Waals surface area contributed by atoms with Gasteiger partial charge in [0.15, 0.2) is 0 Å². The monoisotopic (exact) mass is 212 g/mol. The predicted octanol–water partition coefficient (Wildman–Crippen LogP) is 0.899. The minimum atomic E-state index is -0.533. The quantitative estimate of drug-likeness (QED) is 0.707. The van der Waals surface area contributed by atoms with E-state index in [4.69, 9.17) is 5.73 Å². The van der Waals surface area contributed by atoms with E-state index in [2.05, 4.69) is 0 Å². The molecule has 1 fully saturated rings. The fourth-order valence-corrected chi connectivity index (χ4v) is 1.91. The van der Waals surface area contributed by atoms with Gasteiger partial charge >= 0.3 is 0 Å². The molecule has 1 rings (SSSR count). The smallest absolute Gasteiger partial charge is 0.229 e. The standard InChI is InChI=1S/C11H20N2O2/c1-8(2)11(3,7-12)13-9(14)5-4-6-10(13)15/h8H,4-7,12H2,1-3H3. The van der Waals surface area contributed by atoms with Crippen LogP contribution in [0.4, 0.5) is 0 Å². The Morgan fingerprint density at radius 2 is 1.80 bits per heavy atom. The van der Waals surface area contributed by atoms with Crippen molar-refractivity contribution in [3.05, 3.63) is 0 Å². The lowest BCUT2D eigenvalue weighted by atomic mass is 9.84. The van der Waals surface area contributed by atoms with Crippen LogP contribution in [-0.4, -0.2) is 28.8 Å². The normalized spacial score (nSPS) is 22.1. The molecule has 0 spiro atoms. The third-order valence-electron chi connectivity index (χ3n) is 3.45. The predicted molar refractivity (Wildman–Crippen MR) is 58.0 cm³/mol. The van der Waals surface area contributed by atoms with Gasteiger partial charge in [-0.2, -0.15) is 0 Å². The Bertz CT molecular complexity index is 260. The second kappa shape index (κ2) is 4.31. The molecule has 0 aliphatic carbocycles. The summed E-state index contributed by atoms with van der Waals surface area (Å²) in [5.41, 5.74) is 5.18. The van der Waals surface area contributed by atoms with E-state index in [9.17, 15) is 9.59 Å². The maximum atomic E-state index is 11.8.